The second kappa shape index (κ2) is 5.48. The van der Waals surface area contributed by atoms with E-state index < -0.39 is 0 Å². The van der Waals surface area contributed by atoms with E-state index >= 15 is 0 Å². The minimum Gasteiger partial charge on any atom is -0.352 e. The number of carbonyl (C=O) groups is 1. The van der Waals surface area contributed by atoms with Crippen molar-refractivity contribution < 1.29 is 9.18 Å². The Kier molecular flexibility index (Phi) is 3.97. The van der Waals surface area contributed by atoms with Crippen LogP contribution in [0.3, 0.4) is 0 Å². The first-order chi connectivity index (χ1) is 8.66. The van der Waals surface area contributed by atoms with Gasteiger partial charge in [-0.3, -0.25) is 4.79 Å². The first-order valence-electron chi connectivity index (χ1n) is 6.40. The Morgan fingerprint density at radius 3 is 2.72 bits per heavy atom. The van der Waals surface area contributed by atoms with Crippen LogP contribution < -0.4 is 10.6 Å². The zero-order chi connectivity index (χ0) is 13.0. The molecule has 1 aliphatic rings. The maximum Gasteiger partial charge on any atom is 0.227 e. The van der Waals surface area contributed by atoms with Crippen molar-refractivity contribution in [3.63, 3.8) is 0 Å². The third-order valence-corrected chi connectivity index (χ3v) is 3.77. The molecule has 0 aromatic heterocycles. The molecule has 1 atom stereocenters. The van der Waals surface area contributed by atoms with Crippen molar-refractivity contribution in [2.75, 3.05) is 13.1 Å². The van der Waals surface area contributed by atoms with Crippen LogP contribution in [0.15, 0.2) is 24.3 Å². The van der Waals surface area contributed by atoms with E-state index in [2.05, 4.69) is 10.6 Å². The highest BCUT2D eigenvalue weighted by atomic mass is 19.1. The average Bonchev–Trinajstić information content (AvgIpc) is 2.88. The third kappa shape index (κ3) is 2.70. The fraction of sp³-hybridized carbons (Fsp3) is 0.500. The van der Waals surface area contributed by atoms with Crippen LogP contribution in [0.4, 0.5) is 4.39 Å². The highest BCUT2D eigenvalue weighted by Crippen LogP contribution is 2.29. The van der Waals surface area contributed by atoms with Gasteiger partial charge in [0.25, 0.3) is 0 Å². The van der Waals surface area contributed by atoms with Crippen LogP contribution in [0.2, 0.25) is 0 Å². The van der Waals surface area contributed by atoms with E-state index in [1.54, 1.807) is 12.1 Å². The monoisotopic (exact) mass is 250 g/mol. The molecule has 0 saturated carbocycles. The highest BCUT2D eigenvalue weighted by molar-refractivity contribution is 5.83. The van der Waals surface area contributed by atoms with Gasteiger partial charge in [-0.1, -0.05) is 19.1 Å². The minimum absolute atomic E-state index is 0.0966. The third-order valence-electron chi connectivity index (χ3n) is 3.77. The van der Waals surface area contributed by atoms with Crippen LogP contribution in [0.5, 0.6) is 0 Å². The summed E-state index contributed by atoms with van der Waals surface area (Å²) >= 11 is 0. The molecule has 0 bridgehead atoms. The summed E-state index contributed by atoms with van der Waals surface area (Å²) in [4.78, 5) is 12.2. The molecule has 1 aromatic carbocycles. The van der Waals surface area contributed by atoms with Crippen LogP contribution in [0.25, 0.3) is 0 Å². The maximum absolute atomic E-state index is 12.8. The number of benzene rings is 1. The second-order valence-corrected chi connectivity index (χ2v) is 4.87. The molecule has 1 heterocycles. The first-order valence-corrected chi connectivity index (χ1v) is 6.40. The molecule has 2 N–H and O–H groups in total. The van der Waals surface area contributed by atoms with Gasteiger partial charge in [0.05, 0.1) is 5.41 Å². The number of hydrogen-bond donors (Lipinski definition) is 2. The topological polar surface area (TPSA) is 41.1 Å². The van der Waals surface area contributed by atoms with Gasteiger partial charge < -0.3 is 10.6 Å². The normalized spacial score (nSPS) is 23.0. The molecule has 0 radical (unpaired) electrons. The molecule has 1 aromatic rings. The van der Waals surface area contributed by atoms with Gasteiger partial charge in [-0.05, 0) is 37.1 Å². The van der Waals surface area contributed by atoms with Crippen LogP contribution >= 0.6 is 0 Å². The van der Waals surface area contributed by atoms with Gasteiger partial charge in [0.1, 0.15) is 5.82 Å². The second-order valence-electron chi connectivity index (χ2n) is 4.87. The van der Waals surface area contributed by atoms with Crippen molar-refractivity contribution >= 4 is 5.91 Å². The Bertz CT molecular complexity index is 410. The first kappa shape index (κ1) is 13.0. The fourth-order valence-electron chi connectivity index (χ4n) is 2.37. The van der Waals surface area contributed by atoms with E-state index in [0.29, 0.717) is 6.54 Å². The molecule has 4 heteroatoms. The number of rotatable bonds is 4. The van der Waals surface area contributed by atoms with Crippen LogP contribution in [-0.2, 0) is 11.3 Å². The Balaban J connectivity index is 1.93. The lowest BCUT2D eigenvalue weighted by molar-refractivity contribution is -0.130. The number of carbonyl (C=O) groups excluding carboxylic acids is 1. The van der Waals surface area contributed by atoms with Crippen LogP contribution in [-0.4, -0.2) is 19.0 Å². The van der Waals surface area contributed by atoms with Gasteiger partial charge in [0, 0.05) is 13.1 Å². The van der Waals surface area contributed by atoms with E-state index in [0.717, 1.165) is 31.5 Å². The number of hydrogen-bond acceptors (Lipinski definition) is 2. The Morgan fingerprint density at radius 2 is 2.17 bits per heavy atom. The molecule has 1 saturated heterocycles. The number of amides is 1. The highest BCUT2D eigenvalue weighted by Gasteiger charge is 2.39. The van der Waals surface area contributed by atoms with Crippen LogP contribution in [0, 0.1) is 11.2 Å². The average molecular weight is 250 g/mol. The van der Waals surface area contributed by atoms with Gasteiger partial charge in [-0.2, -0.15) is 0 Å². The Labute approximate surface area is 107 Å². The SMILES string of the molecule is CC[C@@]1(C(=O)NCc2ccc(F)cc2)CCNC1. The van der Waals surface area contributed by atoms with Gasteiger partial charge in [0.2, 0.25) is 5.91 Å². The minimum atomic E-state index is -0.264. The van der Waals surface area contributed by atoms with Gasteiger partial charge in [-0.15, -0.1) is 0 Å². The summed E-state index contributed by atoms with van der Waals surface area (Å²) in [6.07, 6.45) is 1.73. The van der Waals surface area contributed by atoms with Crippen molar-refractivity contribution in [2.45, 2.75) is 26.3 Å². The Hall–Kier alpha value is -1.42. The summed E-state index contributed by atoms with van der Waals surface area (Å²) in [5, 5.41) is 6.19. The zero-order valence-electron chi connectivity index (χ0n) is 10.6. The standard InChI is InChI=1S/C14H19FN2O/c1-2-14(7-8-16-10-14)13(18)17-9-11-3-5-12(15)6-4-11/h3-6,16H,2,7-10H2,1H3,(H,17,18)/t14-/m1/s1. The van der Waals surface area contributed by atoms with E-state index in [4.69, 9.17) is 0 Å². The quantitative estimate of drug-likeness (QED) is 0.856. The van der Waals surface area contributed by atoms with Crippen molar-refractivity contribution in [3.05, 3.63) is 35.6 Å². The van der Waals surface area contributed by atoms with E-state index in [-0.39, 0.29) is 17.1 Å². The predicted molar refractivity (Wildman–Crippen MR) is 68.5 cm³/mol. The van der Waals surface area contributed by atoms with Crippen molar-refractivity contribution in [1.29, 1.82) is 0 Å². The molecule has 2 rings (SSSR count). The fourth-order valence-corrected chi connectivity index (χ4v) is 2.37. The summed E-state index contributed by atoms with van der Waals surface area (Å²) in [6, 6.07) is 6.21. The summed E-state index contributed by atoms with van der Waals surface area (Å²) in [6.45, 7) is 4.15. The zero-order valence-corrected chi connectivity index (χ0v) is 10.6. The van der Waals surface area contributed by atoms with Gasteiger partial charge in [-0.25, -0.2) is 4.39 Å². The van der Waals surface area contributed by atoms with Crippen molar-refractivity contribution in [3.8, 4) is 0 Å². The molecule has 1 amide bonds. The molecular formula is C14H19FN2O. The maximum atomic E-state index is 12.8. The van der Waals surface area contributed by atoms with Crippen LogP contribution in [0.1, 0.15) is 25.3 Å². The van der Waals surface area contributed by atoms with Gasteiger partial charge in [0.15, 0.2) is 0 Å². The molecule has 0 unspecified atom stereocenters. The molecule has 3 nitrogen and oxygen atoms in total. The number of halogens is 1. The molecule has 1 aliphatic heterocycles. The van der Waals surface area contributed by atoms with Crippen molar-refractivity contribution in [2.24, 2.45) is 5.41 Å². The molecule has 0 spiro atoms. The summed E-state index contributed by atoms with van der Waals surface area (Å²) in [5.74, 6) is -0.158. The lowest BCUT2D eigenvalue weighted by Crippen LogP contribution is -2.41. The molecule has 1 fully saturated rings. The predicted octanol–water partition coefficient (Wildman–Crippen LogP) is 1.83. The molecular weight excluding hydrogens is 231 g/mol. The Morgan fingerprint density at radius 1 is 1.44 bits per heavy atom. The summed E-state index contributed by atoms with van der Waals surface area (Å²) < 4.78 is 12.8. The lowest BCUT2D eigenvalue weighted by atomic mass is 9.83. The lowest BCUT2D eigenvalue weighted by Gasteiger charge is -2.25. The van der Waals surface area contributed by atoms with Crippen molar-refractivity contribution in [1.82, 2.24) is 10.6 Å². The van der Waals surface area contributed by atoms with E-state index in [1.165, 1.54) is 12.1 Å². The largest absolute Gasteiger partial charge is 0.352 e. The molecule has 98 valence electrons. The number of nitrogens with one attached hydrogen (secondary N) is 2. The summed E-state index contributed by atoms with van der Waals surface area (Å²) in [5.41, 5.74) is 0.655. The molecule has 18 heavy (non-hydrogen) atoms. The molecule has 0 aliphatic carbocycles. The van der Waals surface area contributed by atoms with E-state index in [9.17, 15) is 9.18 Å². The summed E-state index contributed by atoms with van der Waals surface area (Å²) in [7, 11) is 0. The van der Waals surface area contributed by atoms with E-state index in [1.807, 2.05) is 6.92 Å². The van der Waals surface area contributed by atoms with Gasteiger partial charge >= 0.3 is 0 Å². The smallest absolute Gasteiger partial charge is 0.227 e.